The summed E-state index contributed by atoms with van der Waals surface area (Å²) in [6.45, 7) is 6.57. The van der Waals surface area contributed by atoms with Crippen LogP contribution in [0.5, 0.6) is 0 Å². The summed E-state index contributed by atoms with van der Waals surface area (Å²) >= 11 is 0. The largest absolute Gasteiger partial charge is 0.372 e. The Morgan fingerprint density at radius 1 is 1.44 bits per heavy atom. The number of hydrogen-bond acceptors (Lipinski definition) is 4. The highest BCUT2D eigenvalue weighted by atomic mass is 16.5. The zero-order chi connectivity index (χ0) is 11.5. The average Bonchev–Trinajstić information content (AvgIpc) is 2.27. The average molecular weight is 221 g/mol. The number of pyridine rings is 1. The van der Waals surface area contributed by atoms with Crippen molar-refractivity contribution >= 4 is 5.69 Å². The first kappa shape index (κ1) is 11.4. The van der Waals surface area contributed by atoms with Crippen molar-refractivity contribution in [3.8, 4) is 0 Å². The Kier molecular flexibility index (Phi) is 3.41. The second-order valence-corrected chi connectivity index (χ2v) is 4.37. The van der Waals surface area contributed by atoms with Crippen LogP contribution in [0, 0.1) is 0 Å². The number of rotatable bonds is 2. The highest BCUT2D eigenvalue weighted by Crippen LogP contribution is 2.23. The molecule has 0 amide bonds. The van der Waals surface area contributed by atoms with E-state index in [4.69, 9.17) is 10.5 Å². The minimum absolute atomic E-state index is 0.266. The monoisotopic (exact) mass is 221 g/mol. The van der Waals surface area contributed by atoms with E-state index >= 15 is 0 Å². The molecule has 4 nitrogen and oxygen atoms in total. The molecule has 0 aliphatic carbocycles. The maximum atomic E-state index is 5.73. The summed E-state index contributed by atoms with van der Waals surface area (Å²) in [5.74, 6) is 0. The van der Waals surface area contributed by atoms with Gasteiger partial charge in [-0.15, -0.1) is 0 Å². The molecule has 1 fully saturated rings. The summed E-state index contributed by atoms with van der Waals surface area (Å²) in [5.41, 5.74) is 8.02. The van der Waals surface area contributed by atoms with Crippen LogP contribution in [-0.4, -0.2) is 30.3 Å². The van der Waals surface area contributed by atoms with Crippen molar-refractivity contribution in [2.75, 3.05) is 18.0 Å². The summed E-state index contributed by atoms with van der Waals surface area (Å²) < 4.78 is 5.72. The SMILES string of the molecule is CC1CN(c2ccncc2CN)CC(C)O1. The number of morpholine rings is 1. The van der Waals surface area contributed by atoms with Gasteiger partial charge in [-0.1, -0.05) is 0 Å². The number of anilines is 1. The molecule has 88 valence electrons. The topological polar surface area (TPSA) is 51.4 Å². The van der Waals surface area contributed by atoms with Crippen LogP contribution in [0.15, 0.2) is 18.5 Å². The Labute approximate surface area is 96.4 Å². The molecule has 2 N–H and O–H groups in total. The zero-order valence-electron chi connectivity index (χ0n) is 9.89. The van der Waals surface area contributed by atoms with Gasteiger partial charge in [0.15, 0.2) is 0 Å². The molecule has 1 aromatic heterocycles. The molecule has 2 rings (SSSR count). The van der Waals surface area contributed by atoms with Crippen molar-refractivity contribution in [2.45, 2.75) is 32.6 Å². The number of ether oxygens (including phenoxy) is 1. The van der Waals surface area contributed by atoms with E-state index in [1.54, 1.807) is 0 Å². The Hall–Kier alpha value is -1.13. The molecule has 1 aliphatic heterocycles. The lowest BCUT2D eigenvalue weighted by Crippen LogP contribution is -2.45. The van der Waals surface area contributed by atoms with E-state index in [1.807, 2.05) is 18.5 Å². The zero-order valence-corrected chi connectivity index (χ0v) is 9.89. The van der Waals surface area contributed by atoms with Crippen LogP contribution < -0.4 is 10.6 Å². The van der Waals surface area contributed by atoms with Crippen molar-refractivity contribution in [3.63, 3.8) is 0 Å². The summed E-state index contributed by atoms with van der Waals surface area (Å²) in [6, 6.07) is 2.03. The number of nitrogens with two attached hydrogens (primary N) is 1. The van der Waals surface area contributed by atoms with E-state index in [0.29, 0.717) is 6.54 Å². The number of hydrogen-bond donors (Lipinski definition) is 1. The smallest absolute Gasteiger partial charge is 0.0726 e. The third-order valence-electron chi connectivity index (χ3n) is 2.86. The van der Waals surface area contributed by atoms with Gasteiger partial charge in [-0.05, 0) is 19.9 Å². The first-order valence-corrected chi connectivity index (χ1v) is 5.74. The van der Waals surface area contributed by atoms with Crippen molar-refractivity contribution in [2.24, 2.45) is 5.73 Å². The first-order valence-electron chi connectivity index (χ1n) is 5.74. The van der Waals surface area contributed by atoms with Crippen molar-refractivity contribution < 1.29 is 4.74 Å². The van der Waals surface area contributed by atoms with Gasteiger partial charge in [0.25, 0.3) is 0 Å². The number of aromatic nitrogens is 1. The second kappa shape index (κ2) is 4.80. The normalized spacial score (nSPS) is 25.8. The van der Waals surface area contributed by atoms with Crippen molar-refractivity contribution in [3.05, 3.63) is 24.0 Å². The first-order chi connectivity index (χ1) is 7.70. The van der Waals surface area contributed by atoms with Crippen LogP contribution >= 0.6 is 0 Å². The van der Waals surface area contributed by atoms with Crippen LogP contribution in [0.3, 0.4) is 0 Å². The summed E-state index contributed by atoms with van der Waals surface area (Å²) in [5, 5.41) is 0. The van der Waals surface area contributed by atoms with E-state index in [0.717, 1.165) is 18.7 Å². The molecule has 4 heteroatoms. The lowest BCUT2D eigenvalue weighted by Gasteiger charge is -2.37. The summed E-state index contributed by atoms with van der Waals surface area (Å²) in [6.07, 6.45) is 4.20. The third kappa shape index (κ3) is 2.33. The van der Waals surface area contributed by atoms with Crippen LogP contribution in [0.25, 0.3) is 0 Å². The highest BCUT2D eigenvalue weighted by Gasteiger charge is 2.23. The lowest BCUT2D eigenvalue weighted by atomic mass is 10.1. The maximum Gasteiger partial charge on any atom is 0.0726 e. The van der Waals surface area contributed by atoms with Gasteiger partial charge in [0.05, 0.1) is 12.2 Å². The second-order valence-electron chi connectivity index (χ2n) is 4.37. The fraction of sp³-hybridized carbons (Fsp3) is 0.583. The molecule has 0 spiro atoms. The van der Waals surface area contributed by atoms with E-state index in [2.05, 4.69) is 23.7 Å². The highest BCUT2D eigenvalue weighted by molar-refractivity contribution is 5.52. The molecule has 2 atom stereocenters. The molecule has 2 unspecified atom stereocenters. The Morgan fingerprint density at radius 3 is 2.75 bits per heavy atom. The van der Waals surface area contributed by atoms with Crippen molar-refractivity contribution in [1.29, 1.82) is 0 Å². The third-order valence-corrected chi connectivity index (χ3v) is 2.86. The Balaban J connectivity index is 2.22. The van der Waals surface area contributed by atoms with Gasteiger partial charge in [-0.25, -0.2) is 0 Å². The summed E-state index contributed by atoms with van der Waals surface area (Å²) in [7, 11) is 0. The summed E-state index contributed by atoms with van der Waals surface area (Å²) in [4.78, 5) is 6.45. The predicted octanol–water partition coefficient (Wildman–Crippen LogP) is 1.15. The molecule has 0 saturated carbocycles. The van der Waals surface area contributed by atoms with Gasteiger partial charge >= 0.3 is 0 Å². The van der Waals surface area contributed by atoms with Crippen LogP contribution in [0.1, 0.15) is 19.4 Å². The lowest BCUT2D eigenvalue weighted by molar-refractivity contribution is -0.00526. The molecule has 1 aromatic rings. The predicted molar refractivity (Wildman–Crippen MR) is 64.4 cm³/mol. The Bertz CT molecular complexity index is 346. The van der Waals surface area contributed by atoms with E-state index in [1.165, 1.54) is 5.69 Å². The molecule has 16 heavy (non-hydrogen) atoms. The molecule has 0 bridgehead atoms. The molecular weight excluding hydrogens is 202 g/mol. The number of nitrogens with zero attached hydrogens (tertiary/aromatic N) is 2. The minimum Gasteiger partial charge on any atom is -0.372 e. The van der Waals surface area contributed by atoms with E-state index in [-0.39, 0.29) is 12.2 Å². The quantitative estimate of drug-likeness (QED) is 0.814. The van der Waals surface area contributed by atoms with Gasteiger partial charge < -0.3 is 15.4 Å². The molecule has 0 aromatic carbocycles. The maximum absolute atomic E-state index is 5.73. The van der Waals surface area contributed by atoms with Crippen molar-refractivity contribution in [1.82, 2.24) is 4.98 Å². The molecule has 0 radical (unpaired) electrons. The Morgan fingerprint density at radius 2 is 2.12 bits per heavy atom. The minimum atomic E-state index is 0.266. The fourth-order valence-corrected chi connectivity index (χ4v) is 2.26. The van der Waals surface area contributed by atoms with Gasteiger partial charge in [-0.2, -0.15) is 0 Å². The molecule has 1 saturated heterocycles. The van der Waals surface area contributed by atoms with Crippen LogP contribution in [0.4, 0.5) is 5.69 Å². The molecular formula is C12H19N3O. The van der Waals surface area contributed by atoms with Gasteiger partial charge in [0, 0.05) is 43.3 Å². The standard InChI is InChI=1S/C12H19N3O/c1-9-7-15(8-10(2)16-9)12-3-4-14-6-11(12)5-13/h3-4,6,9-10H,5,7-8,13H2,1-2H3. The van der Waals surface area contributed by atoms with Crippen LogP contribution in [-0.2, 0) is 11.3 Å². The van der Waals surface area contributed by atoms with Gasteiger partial charge in [0.1, 0.15) is 0 Å². The van der Waals surface area contributed by atoms with Gasteiger partial charge in [-0.3, -0.25) is 4.98 Å². The molecule has 1 aliphatic rings. The molecule has 2 heterocycles. The van der Waals surface area contributed by atoms with E-state index < -0.39 is 0 Å². The van der Waals surface area contributed by atoms with E-state index in [9.17, 15) is 0 Å². The van der Waals surface area contributed by atoms with Gasteiger partial charge in [0.2, 0.25) is 0 Å². The fourth-order valence-electron chi connectivity index (χ4n) is 2.26. The van der Waals surface area contributed by atoms with Crippen LogP contribution in [0.2, 0.25) is 0 Å².